The maximum atomic E-state index is 13.5. The molecule has 140 valence electrons. The van der Waals surface area contributed by atoms with Crippen LogP contribution in [0.15, 0.2) is 40.3 Å². The zero-order valence-corrected chi connectivity index (χ0v) is 16.8. The highest BCUT2D eigenvalue weighted by Crippen LogP contribution is 2.31. The Morgan fingerprint density at radius 2 is 2.15 bits per heavy atom. The van der Waals surface area contributed by atoms with Crippen molar-refractivity contribution in [3.05, 3.63) is 51.1 Å². The first-order chi connectivity index (χ1) is 13.1. The summed E-state index contributed by atoms with van der Waals surface area (Å²) in [6.45, 7) is 1.94. The third kappa shape index (κ3) is 3.40. The van der Waals surface area contributed by atoms with Crippen LogP contribution in [0, 0.1) is 0 Å². The minimum absolute atomic E-state index is 0.0596. The second-order valence-electron chi connectivity index (χ2n) is 6.55. The Morgan fingerprint density at radius 3 is 2.89 bits per heavy atom. The molecule has 2 aromatic heterocycles. The normalized spacial score (nSPS) is 16.3. The van der Waals surface area contributed by atoms with Crippen LogP contribution in [0.25, 0.3) is 15.9 Å². The Balaban J connectivity index is 1.92. The molecule has 27 heavy (non-hydrogen) atoms. The van der Waals surface area contributed by atoms with Gasteiger partial charge in [-0.1, -0.05) is 30.0 Å². The molecular formula is C19H20N3O3S2+. The van der Waals surface area contributed by atoms with Crippen molar-refractivity contribution in [3.8, 4) is 5.69 Å². The van der Waals surface area contributed by atoms with Crippen LogP contribution in [0.4, 0.5) is 0 Å². The molecule has 0 spiro atoms. The van der Waals surface area contributed by atoms with Gasteiger partial charge in [-0.15, -0.1) is 11.3 Å². The fourth-order valence-electron chi connectivity index (χ4n) is 3.32. The van der Waals surface area contributed by atoms with E-state index in [-0.39, 0.29) is 17.3 Å². The number of rotatable bonds is 4. The Bertz CT molecular complexity index is 1060. The van der Waals surface area contributed by atoms with Gasteiger partial charge in [0.15, 0.2) is 5.16 Å². The van der Waals surface area contributed by atoms with Gasteiger partial charge in [0.25, 0.3) is 5.56 Å². The first kappa shape index (κ1) is 18.2. The number of fused-ring (bicyclic) bond motifs is 3. The molecule has 0 radical (unpaired) electrons. The summed E-state index contributed by atoms with van der Waals surface area (Å²) in [6, 6.07) is 9.46. The van der Waals surface area contributed by atoms with E-state index in [9.17, 15) is 9.59 Å². The van der Waals surface area contributed by atoms with E-state index < -0.39 is 0 Å². The Kier molecular flexibility index (Phi) is 5.03. The highest BCUT2D eigenvalue weighted by Gasteiger charge is 2.26. The summed E-state index contributed by atoms with van der Waals surface area (Å²) in [4.78, 5) is 33.3. The summed E-state index contributed by atoms with van der Waals surface area (Å²) in [7, 11) is 3.52. The minimum Gasteiger partial charge on any atom is -0.468 e. The lowest BCUT2D eigenvalue weighted by Gasteiger charge is -2.19. The topological polar surface area (TPSA) is 65.6 Å². The molecule has 1 aliphatic heterocycles. The smallest absolute Gasteiger partial charge is 0.316 e. The number of likely N-dealkylation sites (N-methyl/N-ethyl adjacent to an activating group) is 1. The van der Waals surface area contributed by atoms with Crippen molar-refractivity contribution in [3.63, 3.8) is 0 Å². The van der Waals surface area contributed by atoms with Crippen LogP contribution in [-0.4, -0.2) is 42.0 Å². The summed E-state index contributed by atoms with van der Waals surface area (Å²) in [5, 5.41) is 1.25. The van der Waals surface area contributed by atoms with Crippen molar-refractivity contribution in [1.82, 2.24) is 9.55 Å². The fraction of sp³-hybridized carbons (Fsp3) is 0.316. The molecule has 3 aromatic rings. The maximum absolute atomic E-state index is 13.5. The number of nitrogens with one attached hydrogen (secondary N) is 1. The van der Waals surface area contributed by atoms with Crippen molar-refractivity contribution in [2.75, 3.05) is 26.5 Å². The third-order valence-corrected chi connectivity index (χ3v) is 6.74. The average Bonchev–Trinajstić information content (AvgIpc) is 3.04. The molecule has 1 N–H and O–H groups in total. The van der Waals surface area contributed by atoms with Gasteiger partial charge in [0, 0.05) is 6.42 Å². The summed E-state index contributed by atoms with van der Waals surface area (Å²) in [5.41, 5.74) is 1.84. The number of benzene rings is 1. The number of hydrogen-bond donors (Lipinski definition) is 1. The number of hydrogen-bond acceptors (Lipinski definition) is 6. The molecule has 0 bridgehead atoms. The van der Waals surface area contributed by atoms with E-state index in [1.807, 2.05) is 30.3 Å². The number of esters is 1. The molecule has 1 aliphatic rings. The molecule has 1 aromatic carbocycles. The lowest BCUT2D eigenvalue weighted by Crippen LogP contribution is -3.08. The van der Waals surface area contributed by atoms with Crippen LogP contribution in [0.3, 0.4) is 0 Å². The minimum atomic E-state index is -0.343. The average molecular weight is 403 g/mol. The number of aromatic nitrogens is 2. The lowest BCUT2D eigenvalue weighted by atomic mass is 10.1. The first-order valence-electron chi connectivity index (χ1n) is 8.72. The highest BCUT2D eigenvalue weighted by molar-refractivity contribution is 7.99. The van der Waals surface area contributed by atoms with Gasteiger partial charge in [0.2, 0.25) is 0 Å². The first-order valence-corrected chi connectivity index (χ1v) is 10.5. The lowest BCUT2D eigenvalue weighted by molar-refractivity contribution is -0.895. The number of quaternary nitrogens is 1. The molecule has 4 rings (SSSR count). The van der Waals surface area contributed by atoms with Crippen LogP contribution in [-0.2, 0) is 22.5 Å². The molecule has 1 atom stereocenters. The number of methoxy groups -OCH3 is 1. The van der Waals surface area contributed by atoms with E-state index in [4.69, 9.17) is 9.72 Å². The second kappa shape index (κ2) is 7.46. The molecule has 0 amide bonds. The van der Waals surface area contributed by atoms with Crippen LogP contribution in [0.1, 0.15) is 10.4 Å². The van der Waals surface area contributed by atoms with Gasteiger partial charge in [-0.05, 0) is 17.7 Å². The SMILES string of the molecule is COC(=O)CSc1nc2sc3c(c2c(=O)n1-c1ccccc1)CC[NH+](C)C3. The molecule has 8 heteroatoms. The fourth-order valence-corrected chi connectivity index (χ4v) is 5.54. The summed E-state index contributed by atoms with van der Waals surface area (Å²) in [5.74, 6) is -0.233. The third-order valence-electron chi connectivity index (χ3n) is 4.70. The highest BCUT2D eigenvalue weighted by atomic mass is 32.2. The van der Waals surface area contributed by atoms with Crippen LogP contribution >= 0.6 is 23.1 Å². The molecular weight excluding hydrogens is 382 g/mol. The number of thiophene rings is 1. The van der Waals surface area contributed by atoms with Gasteiger partial charge in [-0.2, -0.15) is 0 Å². The van der Waals surface area contributed by atoms with Crippen molar-refractivity contribution >= 4 is 39.3 Å². The Labute approximate surface area is 164 Å². The zero-order chi connectivity index (χ0) is 19.0. The van der Waals surface area contributed by atoms with Crippen molar-refractivity contribution < 1.29 is 14.4 Å². The van der Waals surface area contributed by atoms with Crippen molar-refractivity contribution in [1.29, 1.82) is 0 Å². The van der Waals surface area contributed by atoms with E-state index in [0.717, 1.165) is 41.0 Å². The Morgan fingerprint density at radius 1 is 1.37 bits per heavy atom. The van der Waals surface area contributed by atoms with E-state index in [1.165, 1.54) is 28.6 Å². The van der Waals surface area contributed by atoms with E-state index in [1.54, 1.807) is 15.9 Å². The second-order valence-corrected chi connectivity index (χ2v) is 8.58. The summed E-state index contributed by atoms with van der Waals surface area (Å²) < 4.78 is 6.36. The zero-order valence-electron chi connectivity index (χ0n) is 15.2. The largest absolute Gasteiger partial charge is 0.468 e. The van der Waals surface area contributed by atoms with Gasteiger partial charge in [0.05, 0.1) is 42.4 Å². The van der Waals surface area contributed by atoms with Gasteiger partial charge >= 0.3 is 5.97 Å². The molecule has 6 nitrogen and oxygen atoms in total. The quantitative estimate of drug-likeness (QED) is 0.405. The molecule has 0 aliphatic carbocycles. The van der Waals surface area contributed by atoms with E-state index in [2.05, 4.69) is 7.05 Å². The molecule has 0 fully saturated rings. The number of para-hydroxylation sites is 1. The van der Waals surface area contributed by atoms with Crippen LogP contribution in [0.5, 0.6) is 0 Å². The molecule has 0 saturated carbocycles. The molecule has 0 saturated heterocycles. The molecule has 1 unspecified atom stereocenters. The van der Waals surface area contributed by atoms with Gasteiger partial charge < -0.3 is 9.64 Å². The van der Waals surface area contributed by atoms with Crippen molar-refractivity contribution in [2.24, 2.45) is 0 Å². The van der Waals surface area contributed by atoms with Gasteiger partial charge in [0.1, 0.15) is 11.4 Å². The van der Waals surface area contributed by atoms with E-state index in [0.29, 0.717) is 5.16 Å². The predicted octanol–water partition coefficient (Wildman–Crippen LogP) is 1.28. The van der Waals surface area contributed by atoms with Crippen LogP contribution < -0.4 is 10.5 Å². The Hall–Kier alpha value is -2.16. The molecule has 3 heterocycles. The number of ether oxygens (including phenoxy) is 1. The predicted molar refractivity (Wildman–Crippen MR) is 107 cm³/mol. The monoisotopic (exact) mass is 402 g/mol. The van der Waals surface area contributed by atoms with Gasteiger partial charge in [-0.25, -0.2) is 4.98 Å². The number of nitrogens with zero attached hydrogens (tertiary/aromatic N) is 2. The summed E-state index contributed by atoms with van der Waals surface area (Å²) in [6.07, 6.45) is 0.890. The standard InChI is InChI=1S/C19H19N3O3S2/c1-21-9-8-13-14(10-21)27-17-16(13)18(24)22(12-6-4-3-5-7-12)19(20-17)26-11-15(23)25-2/h3-7H,8-11H2,1-2H3/p+1. The number of carbonyl (C=O) groups excluding carboxylic acids is 1. The number of carbonyl (C=O) groups is 1. The van der Waals surface area contributed by atoms with Gasteiger partial charge in [-0.3, -0.25) is 14.2 Å². The van der Waals surface area contributed by atoms with Crippen molar-refractivity contribution in [2.45, 2.75) is 18.1 Å². The van der Waals surface area contributed by atoms with Crippen LogP contribution in [0.2, 0.25) is 0 Å². The summed E-state index contributed by atoms with van der Waals surface area (Å²) >= 11 is 2.83. The maximum Gasteiger partial charge on any atom is 0.316 e. The van der Waals surface area contributed by atoms with E-state index >= 15 is 0 Å². The number of thioether (sulfide) groups is 1.